The average Bonchev–Trinajstić information content (AvgIpc) is 3.41. The highest BCUT2D eigenvalue weighted by molar-refractivity contribution is 5.89. The molecular formula is C32H36N2O6. The Morgan fingerprint density at radius 2 is 1.48 bits per heavy atom. The molecule has 40 heavy (non-hydrogen) atoms. The van der Waals surface area contributed by atoms with Crippen LogP contribution in [0.25, 0.3) is 12.2 Å². The second-order valence-corrected chi connectivity index (χ2v) is 11.3. The molecule has 1 heterocycles. The number of hydrogen-bond donors (Lipinski definition) is 0. The highest BCUT2D eigenvalue weighted by Crippen LogP contribution is 2.49. The third-order valence-corrected chi connectivity index (χ3v) is 7.63. The molecule has 1 aliphatic rings. The van der Waals surface area contributed by atoms with Crippen LogP contribution in [0.2, 0.25) is 0 Å². The van der Waals surface area contributed by atoms with Crippen LogP contribution in [0.3, 0.4) is 0 Å². The predicted molar refractivity (Wildman–Crippen MR) is 152 cm³/mol. The molecule has 4 rings (SSSR count). The second-order valence-electron chi connectivity index (χ2n) is 11.3. The number of hydrogen-bond acceptors (Lipinski definition) is 7. The summed E-state index contributed by atoms with van der Waals surface area (Å²) in [5, 5.41) is 4.40. The van der Waals surface area contributed by atoms with Gasteiger partial charge in [-0.05, 0) is 46.0 Å². The van der Waals surface area contributed by atoms with Crippen molar-refractivity contribution >= 4 is 30.1 Å². The molecule has 0 radical (unpaired) electrons. The van der Waals surface area contributed by atoms with E-state index in [4.69, 9.17) is 14.2 Å². The Kier molecular flexibility index (Phi) is 8.00. The smallest absolute Gasteiger partial charge is 0.337 e. The molecule has 0 fully saturated rings. The van der Waals surface area contributed by atoms with Gasteiger partial charge in [-0.2, -0.15) is 5.10 Å². The maximum Gasteiger partial charge on any atom is 0.337 e. The van der Waals surface area contributed by atoms with Crippen LogP contribution in [0.15, 0.2) is 54.9 Å². The molecule has 1 aliphatic carbocycles. The van der Waals surface area contributed by atoms with E-state index in [1.807, 2.05) is 68.9 Å². The maximum absolute atomic E-state index is 12.2. The van der Waals surface area contributed by atoms with Gasteiger partial charge in [-0.3, -0.25) is 14.3 Å². The molecule has 0 spiro atoms. The maximum atomic E-state index is 12.2. The molecule has 1 aromatic heterocycles. The summed E-state index contributed by atoms with van der Waals surface area (Å²) in [6.07, 6.45) is 6.31. The van der Waals surface area contributed by atoms with E-state index in [0.29, 0.717) is 12.1 Å². The van der Waals surface area contributed by atoms with Crippen LogP contribution in [0.4, 0.5) is 0 Å². The lowest BCUT2D eigenvalue weighted by Gasteiger charge is -2.51. The first-order chi connectivity index (χ1) is 18.8. The fourth-order valence-electron chi connectivity index (χ4n) is 5.46. The van der Waals surface area contributed by atoms with E-state index in [-0.39, 0.29) is 5.97 Å². The van der Waals surface area contributed by atoms with E-state index in [9.17, 15) is 14.4 Å². The number of esters is 3. The summed E-state index contributed by atoms with van der Waals surface area (Å²) >= 11 is 0. The van der Waals surface area contributed by atoms with Crippen LogP contribution in [0.5, 0.6) is 0 Å². The minimum Gasteiger partial charge on any atom is -0.465 e. The van der Waals surface area contributed by atoms with Gasteiger partial charge in [-0.25, -0.2) is 4.79 Å². The molecule has 0 aliphatic heterocycles. The van der Waals surface area contributed by atoms with Crippen LogP contribution in [-0.2, 0) is 41.2 Å². The van der Waals surface area contributed by atoms with Gasteiger partial charge in [0.2, 0.25) is 0 Å². The van der Waals surface area contributed by atoms with Crippen molar-refractivity contribution in [3.63, 3.8) is 0 Å². The summed E-state index contributed by atoms with van der Waals surface area (Å²) in [5.41, 5.74) is 4.13. The zero-order valence-corrected chi connectivity index (χ0v) is 24.1. The van der Waals surface area contributed by atoms with Crippen molar-refractivity contribution in [3.05, 3.63) is 88.2 Å². The monoisotopic (exact) mass is 544 g/mol. The highest BCUT2D eigenvalue weighted by atomic mass is 16.6. The third-order valence-electron chi connectivity index (χ3n) is 7.63. The lowest BCUT2D eigenvalue weighted by atomic mass is 9.59. The van der Waals surface area contributed by atoms with E-state index in [1.165, 1.54) is 21.0 Å². The minimum atomic E-state index is -0.684. The number of aromatic nitrogens is 2. The number of benzene rings is 2. The van der Waals surface area contributed by atoms with Crippen molar-refractivity contribution in [2.24, 2.45) is 0 Å². The molecule has 3 aromatic rings. The van der Waals surface area contributed by atoms with Crippen LogP contribution >= 0.6 is 0 Å². The van der Waals surface area contributed by atoms with Crippen molar-refractivity contribution in [1.82, 2.24) is 9.78 Å². The second kappa shape index (κ2) is 11.1. The number of fused-ring (bicyclic) bond motifs is 1. The molecule has 0 bridgehead atoms. The first-order valence-corrected chi connectivity index (χ1v) is 13.2. The van der Waals surface area contributed by atoms with Gasteiger partial charge in [0.15, 0.2) is 0 Å². The molecule has 0 amide bonds. The molecule has 0 N–H and O–H groups in total. The van der Waals surface area contributed by atoms with E-state index in [2.05, 4.69) is 17.2 Å². The van der Waals surface area contributed by atoms with Gasteiger partial charge in [0, 0.05) is 37.1 Å². The first-order valence-electron chi connectivity index (χ1n) is 13.2. The Balaban J connectivity index is 1.86. The fourth-order valence-corrected chi connectivity index (χ4v) is 5.46. The molecule has 210 valence electrons. The van der Waals surface area contributed by atoms with Crippen molar-refractivity contribution in [1.29, 1.82) is 0 Å². The molecule has 2 atom stereocenters. The Morgan fingerprint density at radius 1 is 0.900 bits per heavy atom. The summed E-state index contributed by atoms with van der Waals surface area (Å²) in [6.45, 7) is 11.3. The van der Waals surface area contributed by atoms with Crippen LogP contribution in [0, 0.1) is 0 Å². The van der Waals surface area contributed by atoms with Gasteiger partial charge in [0.1, 0.15) is 12.2 Å². The topological polar surface area (TPSA) is 96.7 Å². The van der Waals surface area contributed by atoms with Crippen LogP contribution < -0.4 is 0 Å². The Morgan fingerprint density at radius 3 is 1.98 bits per heavy atom. The molecule has 2 aromatic carbocycles. The number of nitrogens with zero attached hydrogens (tertiary/aromatic N) is 2. The summed E-state index contributed by atoms with van der Waals surface area (Å²) in [4.78, 5) is 36.2. The molecule has 8 nitrogen and oxygen atoms in total. The first kappa shape index (κ1) is 28.8. The summed E-state index contributed by atoms with van der Waals surface area (Å²) < 4.78 is 18.4. The quantitative estimate of drug-likeness (QED) is 0.226. The number of rotatable bonds is 7. The van der Waals surface area contributed by atoms with Crippen molar-refractivity contribution in [3.8, 4) is 0 Å². The average molecular weight is 545 g/mol. The van der Waals surface area contributed by atoms with Gasteiger partial charge in [0.25, 0.3) is 0 Å². The van der Waals surface area contributed by atoms with Gasteiger partial charge < -0.3 is 14.2 Å². The Labute approximate surface area is 234 Å². The summed E-state index contributed by atoms with van der Waals surface area (Å²) in [6, 6.07) is 13.4. The SMILES string of the molecule is COC(=O)c1ccc(/C=C/c2cc3c(cc2Cn2cccn2)C(C)(C)C(OC(C)=O)[C@H](OC(C)=O)C3(C)C)cc1. The lowest BCUT2D eigenvalue weighted by molar-refractivity contribution is -0.179. The molecule has 0 saturated heterocycles. The van der Waals surface area contributed by atoms with E-state index in [0.717, 1.165) is 27.8 Å². The van der Waals surface area contributed by atoms with Gasteiger partial charge in [0.05, 0.1) is 19.2 Å². The largest absolute Gasteiger partial charge is 0.465 e. The molecular weight excluding hydrogens is 508 g/mol. The lowest BCUT2D eigenvalue weighted by Crippen LogP contribution is -2.59. The Hall–Kier alpha value is -4.20. The molecule has 0 saturated carbocycles. The van der Waals surface area contributed by atoms with Gasteiger partial charge in [-0.1, -0.05) is 64.1 Å². The van der Waals surface area contributed by atoms with Crippen molar-refractivity contribution < 1.29 is 28.6 Å². The van der Waals surface area contributed by atoms with E-state index in [1.54, 1.807) is 18.3 Å². The molecule has 8 heteroatoms. The number of carbonyl (C=O) groups excluding carboxylic acids is 3. The van der Waals surface area contributed by atoms with Crippen molar-refractivity contribution in [2.45, 2.75) is 71.1 Å². The summed E-state index contributed by atoms with van der Waals surface area (Å²) in [7, 11) is 1.36. The standard InChI is InChI=1S/C32H36N2O6/c1-20(35)39-28-29(40-21(2)36)32(5,6)27-18-25(19-34-16-8-15-33-34)24(17-26(27)31(28,3)4)14-11-22-9-12-23(13-10-22)30(37)38-7/h8-18,28-29H,19H2,1-7H3/b14-11+/t28-,29?/m0/s1. The van der Waals surface area contributed by atoms with E-state index < -0.39 is 35.0 Å². The molecule has 1 unspecified atom stereocenters. The number of ether oxygens (including phenoxy) is 3. The zero-order chi connectivity index (χ0) is 29.2. The van der Waals surface area contributed by atoms with E-state index >= 15 is 0 Å². The van der Waals surface area contributed by atoms with Gasteiger partial charge >= 0.3 is 17.9 Å². The summed E-state index contributed by atoms with van der Waals surface area (Å²) in [5.74, 6) is -1.24. The Bertz CT molecular complexity index is 1430. The van der Waals surface area contributed by atoms with Crippen LogP contribution in [0.1, 0.15) is 79.7 Å². The van der Waals surface area contributed by atoms with Gasteiger partial charge in [-0.15, -0.1) is 0 Å². The van der Waals surface area contributed by atoms with Crippen LogP contribution in [-0.4, -0.2) is 47.0 Å². The normalized spacial score (nSPS) is 19.1. The predicted octanol–water partition coefficient (Wildman–Crippen LogP) is 5.32. The number of methoxy groups -OCH3 is 1. The highest BCUT2D eigenvalue weighted by Gasteiger charge is 2.55. The number of carbonyl (C=O) groups is 3. The third kappa shape index (κ3) is 5.71. The minimum absolute atomic E-state index is 0.383. The fraction of sp³-hybridized carbons (Fsp3) is 0.375. The van der Waals surface area contributed by atoms with Crippen molar-refractivity contribution in [2.75, 3.05) is 7.11 Å². The zero-order valence-electron chi connectivity index (χ0n) is 24.1.